The Bertz CT molecular complexity index is 975. The number of hydrogen-bond donors (Lipinski definition) is 1. The lowest BCUT2D eigenvalue weighted by atomic mass is 9.99. The van der Waals surface area contributed by atoms with Crippen molar-refractivity contribution in [1.82, 2.24) is 15.2 Å². The number of benzene rings is 2. The monoisotopic (exact) mass is 377 g/mol. The van der Waals surface area contributed by atoms with Gasteiger partial charge >= 0.3 is 0 Å². The quantitative estimate of drug-likeness (QED) is 0.729. The van der Waals surface area contributed by atoms with Gasteiger partial charge in [0.2, 0.25) is 5.95 Å². The van der Waals surface area contributed by atoms with Crippen molar-refractivity contribution >= 4 is 17.5 Å². The number of aryl methyl sites for hydroxylation is 1. The predicted molar refractivity (Wildman–Crippen MR) is 109 cm³/mol. The molecule has 2 heterocycles. The minimum absolute atomic E-state index is 0.486. The van der Waals surface area contributed by atoms with Crippen molar-refractivity contribution in [2.24, 2.45) is 0 Å². The van der Waals surface area contributed by atoms with Gasteiger partial charge in [0.25, 0.3) is 0 Å². The number of nitrogens with one attached hydrogen (secondary N) is 1. The predicted octanol–water partition coefficient (Wildman–Crippen LogP) is 3.50. The maximum Gasteiger partial charge on any atom is 0.249 e. The number of rotatable bonds is 5. The van der Waals surface area contributed by atoms with E-state index in [1.54, 1.807) is 20.4 Å². The molecule has 1 aliphatic heterocycles. The first-order valence-electron chi connectivity index (χ1n) is 9.18. The van der Waals surface area contributed by atoms with Gasteiger partial charge in [-0.3, -0.25) is 0 Å². The summed E-state index contributed by atoms with van der Waals surface area (Å²) in [5.74, 6) is 2.79. The average Bonchev–Trinajstić information content (AvgIpc) is 2.74. The summed E-state index contributed by atoms with van der Waals surface area (Å²) < 4.78 is 10.9. The summed E-state index contributed by atoms with van der Waals surface area (Å²) in [5, 5.41) is 11.5. The fourth-order valence-corrected chi connectivity index (χ4v) is 3.34. The Morgan fingerprint density at radius 1 is 1.00 bits per heavy atom. The molecule has 0 radical (unpaired) electrons. The Balaban J connectivity index is 1.55. The zero-order chi connectivity index (χ0) is 19.5. The molecular formula is C21H23N5O2. The van der Waals surface area contributed by atoms with E-state index in [1.807, 2.05) is 30.3 Å². The first-order valence-corrected chi connectivity index (χ1v) is 9.18. The number of methoxy groups -OCH3 is 2. The summed E-state index contributed by atoms with van der Waals surface area (Å²) in [6.07, 6.45) is 2.60. The van der Waals surface area contributed by atoms with Crippen LogP contribution in [0.15, 0.2) is 42.6 Å². The van der Waals surface area contributed by atoms with E-state index in [9.17, 15) is 0 Å². The van der Waals surface area contributed by atoms with Gasteiger partial charge in [-0.05, 0) is 48.7 Å². The van der Waals surface area contributed by atoms with E-state index in [-0.39, 0.29) is 0 Å². The number of anilines is 3. The lowest BCUT2D eigenvalue weighted by Crippen LogP contribution is -2.31. The smallest absolute Gasteiger partial charge is 0.249 e. The van der Waals surface area contributed by atoms with Crippen molar-refractivity contribution in [3.8, 4) is 11.5 Å². The molecule has 3 aromatic rings. The van der Waals surface area contributed by atoms with Crippen LogP contribution in [0.2, 0.25) is 0 Å². The maximum absolute atomic E-state index is 5.45. The number of fused-ring (bicyclic) bond motifs is 1. The number of ether oxygens (including phenoxy) is 2. The normalized spacial score (nSPS) is 13.0. The van der Waals surface area contributed by atoms with Gasteiger partial charge in [-0.1, -0.05) is 17.7 Å². The highest BCUT2D eigenvalue weighted by Gasteiger charge is 2.21. The molecular weight excluding hydrogens is 354 g/mol. The lowest BCUT2D eigenvalue weighted by Gasteiger charge is -2.30. The van der Waals surface area contributed by atoms with E-state index in [0.717, 1.165) is 42.5 Å². The molecule has 7 nitrogen and oxygen atoms in total. The highest BCUT2D eigenvalue weighted by Crippen LogP contribution is 2.34. The highest BCUT2D eigenvalue weighted by atomic mass is 16.5. The van der Waals surface area contributed by atoms with Crippen molar-refractivity contribution in [1.29, 1.82) is 0 Å². The summed E-state index contributed by atoms with van der Waals surface area (Å²) in [6, 6.07) is 12.2. The number of hydrogen-bond acceptors (Lipinski definition) is 7. The van der Waals surface area contributed by atoms with E-state index in [4.69, 9.17) is 9.47 Å². The van der Waals surface area contributed by atoms with Crippen LogP contribution >= 0.6 is 0 Å². The molecule has 7 heteroatoms. The second kappa shape index (κ2) is 7.72. The van der Waals surface area contributed by atoms with Crippen LogP contribution < -0.4 is 19.7 Å². The van der Waals surface area contributed by atoms with Crippen molar-refractivity contribution < 1.29 is 9.47 Å². The van der Waals surface area contributed by atoms with Gasteiger partial charge < -0.3 is 19.7 Å². The molecule has 28 heavy (non-hydrogen) atoms. The molecule has 0 saturated carbocycles. The van der Waals surface area contributed by atoms with Crippen molar-refractivity contribution in [2.45, 2.75) is 19.9 Å². The average molecular weight is 377 g/mol. The lowest BCUT2D eigenvalue weighted by molar-refractivity contribution is 0.353. The molecule has 0 atom stereocenters. The maximum atomic E-state index is 5.45. The fourth-order valence-electron chi connectivity index (χ4n) is 3.34. The molecule has 0 aliphatic carbocycles. The van der Waals surface area contributed by atoms with Crippen LogP contribution in [0.4, 0.5) is 17.5 Å². The molecule has 4 rings (SSSR count). The number of aromatic nitrogens is 3. The largest absolute Gasteiger partial charge is 0.493 e. The van der Waals surface area contributed by atoms with Gasteiger partial charge in [-0.2, -0.15) is 10.1 Å². The standard InChI is InChI=1S/C21H23N5O2/c1-14-4-6-17(7-5-14)23-21-24-20(12-22-25-21)26-9-8-15-10-18(27-2)19(28-3)11-16(15)13-26/h4-7,10-12H,8-9,13H2,1-3H3,(H,23,24,25). The molecule has 1 aliphatic rings. The molecule has 2 aromatic carbocycles. The van der Waals surface area contributed by atoms with Crippen LogP contribution in [0.25, 0.3) is 0 Å². The molecule has 0 amide bonds. The molecule has 0 spiro atoms. The first kappa shape index (κ1) is 18.0. The topological polar surface area (TPSA) is 72.4 Å². The van der Waals surface area contributed by atoms with Crippen LogP contribution in [-0.4, -0.2) is 35.9 Å². The van der Waals surface area contributed by atoms with Gasteiger partial charge in [-0.15, -0.1) is 5.10 Å². The van der Waals surface area contributed by atoms with E-state index >= 15 is 0 Å². The van der Waals surface area contributed by atoms with Gasteiger partial charge in [0.05, 0.1) is 20.4 Å². The zero-order valence-electron chi connectivity index (χ0n) is 16.3. The van der Waals surface area contributed by atoms with E-state index < -0.39 is 0 Å². The minimum Gasteiger partial charge on any atom is -0.493 e. The molecule has 144 valence electrons. The van der Waals surface area contributed by atoms with E-state index in [0.29, 0.717) is 5.95 Å². The van der Waals surface area contributed by atoms with Gasteiger partial charge in [-0.25, -0.2) is 0 Å². The SMILES string of the molecule is COc1cc2c(cc1OC)CN(c1cnnc(Nc3ccc(C)cc3)n1)CC2. The Morgan fingerprint density at radius 3 is 2.43 bits per heavy atom. The molecule has 1 aromatic heterocycles. The van der Waals surface area contributed by atoms with Crippen LogP contribution in [0.1, 0.15) is 16.7 Å². The summed E-state index contributed by atoms with van der Waals surface area (Å²) in [5.41, 5.74) is 4.62. The number of nitrogens with zero attached hydrogens (tertiary/aromatic N) is 4. The fraction of sp³-hybridized carbons (Fsp3) is 0.286. The second-order valence-corrected chi connectivity index (χ2v) is 6.78. The van der Waals surface area contributed by atoms with Gasteiger partial charge in [0.1, 0.15) is 0 Å². The van der Waals surface area contributed by atoms with Crippen LogP contribution in [0, 0.1) is 6.92 Å². The van der Waals surface area contributed by atoms with Crippen molar-refractivity contribution in [2.75, 3.05) is 31.0 Å². The molecule has 1 N–H and O–H groups in total. The van der Waals surface area contributed by atoms with Crippen molar-refractivity contribution in [3.05, 3.63) is 59.3 Å². The first-order chi connectivity index (χ1) is 13.7. The third-order valence-corrected chi connectivity index (χ3v) is 4.90. The summed E-state index contributed by atoms with van der Waals surface area (Å²) in [4.78, 5) is 6.85. The minimum atomic E-state index is 0.486. The Morgan fingerprint density at radius 2 is 1.71 bits per heavy atom. The zero-order valence-corrected chi connectivity index (χ0v) is 16.3. The molecule has 0 fully saturated rings. The second-order valence-electron chi connectivity index (χ2n) is 6.78. The summed E-state index contributed by atoms with van der Waals surface area (Å²) >= 11 is 0. The Labute approximate surface area is 164 Å². The van der Waals surface area contributed by atoms with Gasteiger partial charge in [0.15, 0.2) is 17.3 Å². The van der Waals surface area contributed by atoms with Crippen LogP contribution in [0.5, 0.6) is 11.5 Å². The Kier molecular flexibility index (Phi) is 4.97. The van der Waals surface area contributed by atoms with Crippen molar-refractivity contribution in [3.63, 3.8) is 0 Å². The van der Waals surface area contributed by atoms with E-state index in [2.05, 4.69) is 38.4 Å². The van der Waals surface area contributed by atoms with Crippen LogP contribution in [0.3, 0.4) is 0 Å². The molecule has 0 unspecified atom stereocenters. The molecule has 0 bridgehead atoms. The van der Waals surface area contributed by atoms with E-state index in [1.165, 1.54) is 16.7 Å². The summed E-state index contributed by atoms with van der Waals surface area (Å²) in [6.45, 7) is 3.64. The summed E-state index contributed by atoms with van der Waals surface area (Å²) in [7, 11) is 3.32. The highest BCUT2D eigenvalue weighted by molar-refractivity contribution is 5.56. The molecule has 0 saturated heterocycles. The van der Waals surface area contributed by atoms with Gasteiger partial charge in [0, 0.05) is 18.8 Å². The Hall–Kier alpha value is -3.35. The third-order valence-electron chi connectivity index (χ3n) is 4.90. The third kappa shape index (κ3) is 3.69. The van der Waals surface area contributed by atoms with Crippen LogP contribution in [-0.2, 0) is 13.0 Å².